The van der Waals surface area contributed by atoms with E-state index in [9.17, 15) is 5.11 Å². The van der Waals surface area contributed by atoms with Gasteiger partial charge in [-0.05, 0) is 86.5 Å². The van der Waals surface area contributed by atoms with E-state index in [0.717, 1.165) is 43.9 Å². The van der Waals surface area contributed by atoms with Crippen LogP contribution in [0.2, 0.25) is 13.1 Å². The molecule has 3 fully saturated rings. The third-order valence-corrected chi connectivity index (χ3v) is 8.22. The fourth-order valence-corrected chi connectivity index (χ4v) is 6.60. The van der Waals surface area contributed by atoms with Crippen LogP contribution in [0.4, 0.5) is 0 Å². The molecule has 0 bridgehead atoms. The summed E-state index contributed by atoms with van der Waals surface area (Å²) >= 11 is 0. The second-order valence-corrected chi connectivity index (χ2v) is 13.7. The average molecular weight is 416 g/mol. The van der Waals surface area contributed by atoms with Crippen molar-refractivity contribution in [2.45, 2.75) is 89.3 Å². The second kappa shape index (κ2) is 8.01. The SMILES string of the molecule is C[SiH](C)Oc1c(C(C)(C)C)cccc1C12CCN(CC3CC3)CC1CC[C@H](O)C2. The van der Waals surface area contributed by atoms with Gasteiger partial charge in [0.05, 0.1) is 6.10 Å². The van der Waals surface area contributed by atoms with Crippen molar-refractivity contribution in [1.82, 2.24) is 4.90 Å². The summed E-state index contributed by atoms with van der Waals surface area (Å²) < 4.78 is 6.68. The van der Waals surface area contributed by atoms with E-state index in [-0.39, 0.29) is 16.9 Å². The molecule has 1 heterocycles. The largest absolute Gasteiger partial charge is 0.547 e. The van der Waals surface area contributed by atoms with Gasteiger partial charge in [-0.2, -0.15) is 0 Å². The van der Waals surface area contributed by atoms with Crippen LogP contribution in [0.25, 0.3) is 0 Å². The van der Waals surface area contributed by atoms with Crippen LogP contribution in [0, 0.1) is 11.8 Å². The number of fused-ring (bicyclic) bond motifs is 1. The van der Waals surface area contributed by atoms with Gasteiger partial charge in [-0.1, -0.05) is 39.0 Å². The van der Waals surface area contributed by atoms with Crippen LogP contribution in [-0.4, -0.2) is 44.8 Å². The number of benzene rings is 1. The highest BCUT2D eigenvalue weighted by Crippen LogP contribution is 2.53. The molecule has 29 heavy (non-hydrogen) atoms. The smallest absolute Gasteiger partial charge is 0.229 e. The van der Waals surface area contributed by atoms with Crippen LogP contribution in [0.15, 0.2) is 18.2 Å². The molecule has 0 amide bonds. The first-order valence-corrected chi connectivity index (χ1v) is 14.7. The number of piperidine rings is 1. The molecule has 162 valence electrons. The maximum atomic E-state index is 10.8. The molecule has 1 saturated heterocycles. The Hall–Kier alpha value is -0.843. The summed E-state index contributed by atoms with van der Waals surface area (Å²) in [7, 11) is -1.24. The molecule has 0 radical (unpaired) electrons. The first-order chi connectivity index (χ1) is 13.7. The molecule has 2 aliphatic carbocycles. The minimum absolute atomic E-state index is 0.0563. The van der Waals surface area contributed by atoms with E-state index in [2.05, 4.69) is 57.0 Å². The molecule has 4 rings (SSSR count). The summed E-state index contributed by atoms with van der Waals surface area (Å²) in [4.78, 5) is 2.73. The minimum atomic E-state index is -1.24. The standard InChI is InChI=1S/C25H41NO2Si/c1-24(2,3)21-7-6-8-22(23(21)28-29(4)5)25-13-14-26(16-18-9-10-18)17-19(25)11-12-20(27)15-25/h6-8,18-20,27,29H,9-17H2,1-5H3/t19?,20-,25?/m0/s1. The second-order valence-electron chi connectivity index (χ2n) is 11.3. The molecule has 3 aliphatic rings. The first-order valence-electron chi connectivity index (χ1n) is 11.9. The maximum absolute atomic E-state index is 10.8. The molecule has 0 spiro atoms. The van der Waals surface area contributed by atoms with E-state index >= 15 is 0 Å². The molecule has 1 aromatic rings. The van der Waals surface area contributed by atoms with E-state index < -0.39 is 9.04 Å². The summed E-state index contributed by atoms with van der Waals surface area (Å²) in [6, 6.07) is 6.85. The van der Waals surface area contributed by atoms with Crippen LogP contribution < -0.4 is 4.43 Å². The lowest BCUT2D eigenvalue weighted by molar-refractivity contribution is -0.00535. The van der Waals surface area contributed by atoms with Crippen LogP contribution in [0.5, 0.6) is 5.75 Å². The number of nitrogens with zero attached hydrogens (tertiary/aromatic N) is 1. The van der Waals surface area contributed by atoms with Gasteiger partial charge in [0.2, 0.25) is 9.04 Å². The maximum Gasteiger partial charge on any atom is 0.229 e. The van der Waals surface area contributed by atoms with Crippen LogP contribution in [-0.2, 0) is 10.8 Å². The van der Waals surface area contributed by atoms with Gasteiger partial charge in [0.25, 0.3) is 0 Å². The van der Waals surface area contributed by atoms with E-state index in [1.165, 1.54) is 37.1 Å². The first kappa shape index (κ1) is 21.4. The Morgan fingerprint density at radius 2 is 1.93 bits per heavy atom. The molecule has 1 N–H and O–H groups in total. The number of likely N-dealkylation sites (tertiary alicyclic amines) is 1. The van der Waals surface area contributed by atoms with Crippen molar-refractivity contribution >= 4 is 9.04 Å². The van der Waals surface area contributed by atoms with Gasteiger partial charge in [0.1, 0.15) is 5.75 Å². The molecular formula is C25H41NO2Si. The number of rotatable bonds is 5. The van der Waals surface area contributed by atoms with E-state index in [0.29, 0.717) is 5.92 Å². The Labute approximate surface area is 179 Å². The molecule has 2 unspecified atom stereocenters. The summed E-state index contributed by atoms with van der Waals surface area (Å²) in [5.41, 5.74) is 2.86. The molecule has 0 aromatic heterocycles. The van der Waals surface area contributed by atoms with E-state index in [1.807, 2.05) is 0 Å². The minimum Gasteiger partial charge on any atom is -0.547 e. The lowest BCUT2D eigenvalue weighted by Crippen LogP contribution is -2.54. The Kier molecular flexibility index (Phi) is 5.91. The van der Waals surface area contributed by atoms with Crippen molar-refractivity contribution in [1.29, 1.82) is 0 Å². The number of aliphatic hydroxyl groups excluding tert-OH is 1. The summed E-state index contributed by atoms with van der Waals surface area (Å²) in [6.07, 6.45) is 6.83. The van der Waals surface area contributed by atoms with Crippen molar-refractivity contribution in [3.05, 3.63) is 29.3 Å². The van der Waals surface area contributed by atoms with E-state index in [1.54, 1.807) is 0 Å². The third-order valence-electron chi connectivity index (χ3n) is 7.51. The quantitative estimate of drug-likeness (QED) is 0.697. The third kappa shape index (κ3) is 4.45. The van der Waals surface area contributed by atoms with Gasteiger partial charge in [0.15, 0.2) is 0 Å². The summed E-state index contributed by atoms with van der Waals surface area (Å²) in [5, 5.41) is 10.8. The summed E-state index contributed by atoms with van der Waals surface area (Å²) in [5.74, 6) is 2.74. The predicted octanol–water partition coefficient (Wildman–Crippen LogP) is 4.86. The Morgan fingerprint density at radius 3 is 2.59 bits per heavy atom. The lowest BCUT2D eigenvalue weighted by atomic mass is 9.58. The monoisotopic (exact) mass is 415 g/mol. The van der Waals surface area contributed by atoms with Gasteiger partial charge in [0, 0.05) is 18.5 Å². The van der Waals surface area contributed by atoms with Gasteiger partial charge >= 0.3 is 0 Å². The van der Waals surface area contributed by atoms with Gasteiger partial charge in [-0.25, -0.2) is 0 Å². The lowest BCUT2D eigenvalue weighted by Gasteiger charge is -2.53. The molecule has 3 atom stereocenters. The van der Waals surface area contributed by atoms with Crippen LogP contribution >= 0.6 is 0 Å². The molecule has 3 nitrogen and oxygen atoms in total. The van der Waals surface area contributed by atoms with Crippen molar-refractivity contribution < 1.29 is 9.53 Å². The predicted molar refractivity (Wildman–Crippen MR) is 123 cm³/mol. The highest BCUT2D eigenvalue weighted by atomic mass is 28.3. The Balaban J connectivity index is 1.75. The zero-order valence-corrected chi connectivity index (χ0v) is 20.4. The van der Waals surface area contributed by atoms with Crippen molar-refractivity contribution in [2.75, 3.05) is 19.6 Å². The van der Waals surface area contributed by atoms with Gasteiger partial charge in [-0.3, -0.25) is 0 Å². The fraction of sp³-hybridized carbons (Fsp3) is 0.760. The van der Waals surface area contributed by atoms with Crippen molar-refractivity contribution in [3.8, 4) is 5.75 Å². The molecule has 4 heteroatoms. The van der Waals surface area contributed by atoms with E-state index in [4.69, 9.17) is 4.43 Å². The van der Waals surface area contributed by atoms with Crippen LogP contribution in [0.1, 0.15) is 70.4 Å². The molecule has 1 aromatic carbocycles. The zero-order chi connectivity index (χ0) is 20.8. The number of hydrogen-bond donors (Lipinski definition) is 1. The summed E-state index contributed by atoms with van der Waals surface area (Å²) in [6.45, 7) is 15.1. The van der Waals surface area contributed by atoms with Gasteiger partial charge in [-0.15, -0.1) is 0 Å². The van der Waals surface area contributed by atoms with Crippen molar-refractivity contribution in [2.24, 2.45) is 11.8 Å². The number of aliphatic hydroxyl groups is 1. The van der Waals surface area contributed by atoms with Crippen LogP contribution in [0.3, 0.4) is 0 Å². The highest BCUT2D eigenvalue weighted by molar-refractivity contribution is 6.49. The number of para-hydroxylation sites is 1. The Bertz CT molecular complexity index is 724. The topological polar surface area (TPSA) is 32.7 Å². The molecule has 2 saturated carbocycles. The highest BCUT2D eigenvalue weighted by Gasteiger charge is 2.50. The zero-order valence-electron chi connectivity index (χ0n) is 19.2. The average Bonchev–Trinajstić information content (AvgIpc) is 3.44. The molecular weight excluding hydrogens is 374 g/mol. The van der Waals surface area contributed by atoms with Crippen molar-refractivity contribution in [3.63, 3.8) is 0 Å². The normalized spacial score (nSPS) is 31.0. The fourth-order valence-electron chi connectivity index (χ4n) is 5.87. The Morgan fingerprint density at radius 1 is 1.17 bits per heavy atom. The van der Waals surface area contributed by atoms with Gasteiger partial charge < -0.3 is 14.4 Å². The molecule has 1 aliphatic heterocycles. The number of hydrogen-bond acceptors (Lipinski definition) is 3.